The molecule has 0 aromatic carbocycles. The predicted octanol–water partition coefficient (Wildman–Crippen LogP) is 0.932. The van der Waals surface area contributed by atoms with Crippen molar-refractivity contribution in [1.29, 1.82) is 0 Å². The van der Waals surface area contributed by atoms with E-state index in [2.05, 4.69) is 33.7 Å². The topological polar surface area (TPSA) is 44.0 Å². The van der Waals surface area contributed by atoms with E-state index in [1.54, 1.807) is 6.33 Å². The number of H-pyrrole nitrogens is 1. The van der Waals surface area contributed by atoms with Gasteiger partial charge in [0, 0.05) is 32.1 Å². The van der Waals surface area contributed by atoms with E-state index < -0.39 is 0 Å². The molecule has 0 amide bonds. The van der Waals surface area contributed by atoms with Crippen LogP contribution in [-0.4, -0.2) is 40.5 Å². The number of aromatic amines is 1. The number of hydrogen-bond acceptors (Lipinski definition) is 3. The quantitative estimate of drug-likeness (QED) is 0.726. The van der Waals surface area contributed by atoms with Crippen LogP contribution < -0.4 is 5.32 Å². The van der Waals surface area contributed by atoms with Crippen LogP contribution in [0, 0.1) is 0 Å². The Bertz CT molecular complexity index is 345. The van der Waals surface area contributed by atoms with Crippen LogP contribution in [0.25, 0.3) is 0 Å². The SMILES string of the molecule is C=CCN(CC)CC1Cc2nc[nH]c2CN1. The summed E-state index contributed by atoms with van der Waals surface area (Å²) in [6.07, 6.45) is 4.77. The first-order valence-electron chi connectivity index (χ1n) is 5.91. The van der Waals surface area contributed by atoms with Gasteiger partial charge in [-0.05, 0) is 6.54 Å². The van der Waals surface area contributed by atoms with Crippen molar-refractivity contribution in [2.24, 2.45) is 0 Å². The lowest BCUT2D eigenvalue weighted by atomic mass is 10.0. The maximum absolute atomic E-state index is 4.35. The Morgan fingerprint density at radius 2 is 2.56 bits per heavy atom. The van der Waals surface area contributed by atoms with Crippen LogP contribution in [0.4, 0.5) is 0 Å². The molecule has 2 rings (SSSR count). The largest absolute Gasteiger partial charge is 0.347 e. The second-order valence-electron chi connectivity index (χ2n) is 4.25. The molecule has 2 heterocycles. The number of likely N-dealkylation sites (N-methyl/N-ethyl adjacent to an activating group) is 1. The zero-order valence-electron chi connectivity index (χ0n) is 9.87. The van der Waals surface area contributed by atoms with Gasteiger partial charge >= 0.3 is 0 Å². The molecule has 1 aliphatic heterocycles. The molecule has 0 spiro atoms. The first-order chi connectivity index (χ1) is 7.83. The third kappa shape index (κ3) is 2.51. The van der Waals surface area contributed by atoms with Gasteiger partial charge in [-0.3, -0.25) is 4.90 Å². The molecule has 4 nitrogen and oxygen atoms in total. The Balaban J connectivity index is 1.90. The lowest BCUT2D eigenvalue weighted by molar-refractivity contribution is 0.267. The van der Waals surface area contributed by atoms with Crippen LogP contribution in [0.15, 0.2) is 19.0 Å². The Kier molecular flexibility index (Phi) is 3.74. The molecule has 1 aromatic rings. The van der Waals surface area contributed by atoms with E-state index in [-0.39, 0.29) is 0 Å². The van der Waals surface area contributed by atoms with Gasteiger partial charge in [-0.2, -0.15) is 0 Å². The predicted molar refractivity (Wildman–Crippen MR) is 65.2 cm³/mol. The van der Waals surface area contributed by atoms with Gasteiger partial charge in [0.1, 0.15) is 0 Å². The summed E-state index contributed by atoms with van der Waals surface area (Å²) in [7, 11) is 0. The molecule has 2 N–H and O–H groups in total. The number of nitrogens with zero attached hydrogens (tertiary/aromatic N) is 2. The lowest BCUT2D eigenvalue weighted by Gasteiger charge is -2.28. The van der Waals surface area contributed by atoms with Crippen molar-refractivity contribution in [2.75, 3.05) is 19.6 Å². The normalized spacial score (nSPS) is 19.8. The molecule has 0 fully saturated rings. The monoisotopic (exact) mass is 220 g/mol. The van der Waals surface area contributed by atoms with E-state index in [0.717, 1.165) is 32.6 Å². The number of hydrogen-bond donors (Lipinski definition) is 2. The molecule has 0 bridgehead atoms. The number of aromatic nitrogens is 2. The van der Waals surface area contributed by atoms with Crippen molar-refractivity contribution in [1.82, 2.24) is 20.2 Å². The molecule has 1 unspecified atom stereocenters. The molecule has 4 heteroatoms. The van der Waals surface area contributed by atoms with Crippen molar-refractivity contribution >= 4 is 0 Å². The molecule has 16 heavy (non-hydrogen) atoms. The summed E-state index contributed by atoms with van der Waals surface area (Å²) >= 11 is 0. The number of fused-ring (bicyclic) bond motifs is 1. The first kappa shape index (κ1) is 11.4. The van der Waals surface area contributed by atoms with Crippen LogP contribution in [0.5, 0.6) is 0 Å². The van der Waals surface area contributed by atoms with E-state index in [1.807, 2.05) is 6.08 Å². The smallest absolute Gasteiger partial charge is 0.0925 e. The highest BCUT2D eigenvalue weighted by Gasteiger charge is 2.21. The fourth-order valence-electron chi connectivity index (χ4n) is 2.19. The number of imidazole rings is 1. The summed E-state index contributed by atoms with van der Waals surface area (Å²) in [5.41, 5.74) is 2.46. The van der Waals surface area contributed by atoms with Crippen molar-refractivity contribution < 1.29 is 0 Å². The minimum absolute atomic E-state index is 0.510. The van der Waals surface area contributed by atoms with Gasteiger partial charge in [-0.1, -0.05) is 13.0 Å². The van der Waals surface area contributed by atoms with E-state index >= 15 is 0 Å². The average molecular weight is 220 g/mol. The van der Waals surface area contributed by atoms with Crippen molar-refractivity contribution in [2.45, 2.75) is 25.9 Å². The highest BCUT2D eigenvalue weighted by atomic mass is 15.1. The zero-order chi connectivity index (χ0) is 11.4. The highest BCUT2D eigenvalue weighted by Crippen LogP contribution is 2.12. The third-order valence-corrected chi connectivity index (χ3v) is 3.13. The van der Waals surface area contributed by atoms with Crippen LogP contribution in [0.2, 0.25) is 0 Å². The maximum Gasteiger partial charge on any atom is 0.0925 e. The van der Waals surface area contributed by atoms with Crippen LogP contribution in [0.1, 0.15) is 18.3 Å². The van der Waals surface area contributed by atoms with Gasteiger partial charge in [0.15, 0.2) is 0 Å². The minimum atomic E-state index is 0.510. The molecular formula is C12H20N4. The third-order valence-electron chi connectivity index (χ3n) is 3.13. The molecule has 0 saturated carbocycles. The first-order valence-corrected chi connectivity index (χ1v) is 5.91. The van der Waals surface area contributed by atoms with Gasteiger partial charge in [0.05, 0.1) is 17.7 Å². The fourth-order valence-corrected chi connectivity index (χ4v) is 2.19. The second-order valence-corrected chi connectivity index (χ2v) is 4.25. The zero-order valence-corrected chi connectivity index (χ0v) is 9.87. The minimum Gasteiger partial charge on any atom is -0.347 e. The van der Waals surface area contributed by atoms with Crippen molar-refractivity contribution in [3.05, 3.63) is 30.4 Å². The Hall–Kier alpha value is -1.13. The summed E-state index contributed by atoms with van der Waals surface area (Å²) in [6, 6.07) is 0.510. The van der Waals surface area contributed by atoms with E-state index in [1.165, 1.54) is 11.4 Å². The molecule has 1 aromatic heterocycles. The number of nitrogens with one attached hydrogen (secondary N) is 2. The summed E-state index contributed by atoms with van der Waals surface area (Å²) in [5, 5.41) is 3.54. The van der Waals surface area contributed by atoms with Crippen molar-refractivity contribution in [3.8, 4) is 0 Å². The fraction of sp³-hybridized carbons (Fsp3) is 0.583. The Morgan fingerprint density at radius 3 is 3.31 bits per heavy atom. The molecular weight excluding hydrogens is 200 g/mol. The van der Waals surface area contributed by atoms with Crippen LogP contribution in [0.3, 0.4) is 0 Å². The van der Waals surface area contributed by atoms with Gasteiger partial charge in [0.2, 0.25) is 0 Å². The van der Waals surface area contributed by atoms with Crippen molar-refractivity contribution in [3.63, 3.8) is 0 Å². The highest BCUT2D eigenvalue weighted by molar-refractivity contribution is 5.16. The molecule has 88 valence electrons. The van der Waals surface area contributed by atoms with E-state index in [4.69, 9.17) is 0 Å². The lowest BCUT2D eigenvalue weighted by Crippen LogP contribution is -2.44. The molecule has 1 aliphatic rings. The molecule has 0 radical (unpaired) electrons. The Morgan fingerprint density at radius 1 is 1.69 bits per heavy atom. The second kappa shape index (κ2) is 5.27. The standard InChI is InChI=1S/C12H20N4/c1-3-5-16(4-2)8-10-6-11-12(7-13-10)15-9-14-11/h3,9-10,13H,1,4-8H2,2H3,(H,14,15). The van der Waals surface area contributed by atoms with Gasteiger partial charge in [0.25, 0.3) is 0 Å². The number of rotatable bonds is 5. The van der Waals surface area contributed by atoms with Crippen LogP contribution >= 0.6 is 0 Å². The molecule has 1 atom stereocenters. The summed E-state index contributed by atoms with van der Waals surface area (Å²) in [5.74, 6) is 0. The summed E-state index contributed by atoms with van der Waals surface area (Å²) in [4.78, 5) is 9.91. The van der Waals surface area contributed by atoms with Gasteiger partial charge in [-0.15, -0.1) is 6.58 Å². The van der Waals surface area contributed by atoms with E-state index in [9.17, 15) is 0 Å². The Labute approximate surface area is 96.8 Å². The van der Waals surface area contributed by atoms with Gasteiger partial charge < -0.3 is 10.3 Å². The summed E-state index contributed by atoms with van der Waals surface area (Å²) in [6.45, 7) is 9.98. The molecule has 0 aliphatic carbocycles. The maximum atomic E-state index is 4.35. The average Bonchev–Trinajstić information content (AvgIpc) is 2.75. The van der Waals surface area contributed by atoms with Gasteiger partial charge in [-0.25, -0.2) is 4.98 Å². The molecule has 0 saturated heterocycles. The van der Waals surface area contributed by atoms with E-state index in [0.29, 0.717) is 6.04 Å². The van der Waals surface area contributed by atoms with Crippen LogP contribution in [-0.2, 0) is 13.0 Å². The summed E-state index contributed by atoms with van der Waals surface area (Å²) < 4.78 is 0.